The minimum Gasteiger partial charge on any atom is -0.448 e. The summed E-state index contributed by atoms with van der Waals surface area (Å²) in [6.45, 7) is 2.63. The maximum Gasteiger partial charge on any atom is 0.193 e. The van der Waals surface area contributed by atoms with E-state index in [1.165, 1.54) is 0 Å². The first-order valence-electron chi connectivity index (χ1n) is 6.01. The topological polar surface area (TPSA) is 55.4 Å². The quantitative estimate of drug-likeness (QED) is 0.796. The molecule has 0 saturated heterocycles. The number of halogens is 1. The predicted octanol–water partition coefficient (Wildman–Crippen LogP) is 2.83. The van der Waals surface area contributed by atoms with Crippen molar-refractivity contribution >= 4 is 17.2 Å². The molecular weight excluding hydrogens is 264 g/mol. The number of hydrogen-bond donors (Lipinski definition) is 1. The average molecular weight is 277 g/mol. The Balaban J connectivity index is 1.75. The van der Waals surface area contributed by atoms with Gasteiger partial charge in [-0.1, -0.05) is 6.07 Å². The second-order valence-electron chi connectivity index (χ2n) is 4.30. The molecule has 0 aliphatic heterocycles. The van der Waals surface area contributed by atoms with Gasteiger partial charge in [0, 0.05) is 6.20 Å². The van der Waals surface area contributed by atoms with Gasteiger partial charge in [0.05, 0.1) is 12.6 Å². The molecule has 98 valence electrons. The standard InChI is InChI=1S/C13H13ClN4O/c1-9(15-8-10-5-6-11(14)19-10)13-17-16-12-4-2-3-7-18(12)13/h2-7,9,15H,8H2,1H3. The number of nitrogens with one attached hydrogen (secondary N) is 1. The molecule has 3 aromatic heterocycles. The third-order valence-corrected chi connectivity index (χ3v) is 3.14. The van der Waals surface area contributed by atoms with Gasteiger partial charge in [0.2, 0.25) is 0 Å². The van der Waals surface area contributed by atoms with E-state index in [-0.39, 0.29) is 6.04 Å². The monoisotopic (exact) mass is 276 g/mol. The fourth-order valence-corrected chi connectivity index (χ4v) is 2.11. The normalized spacial score (nSPS) is 12.9. The Morgan fingerprint density at radius 3 is 3.00 bits per heavy atom. The van der Waals surface area contributed by atoms with Gasteiger partial charge in [-0.15, -0.1) is 10.2 Å². The minimum absolute atomic E-state index is 0.0567. The van der Waals surface area contributed by atoms with Crippen molar-refractivity contribution in [3.05, 3.63) is 53.3 Å². The summed E-state index contributed by atoms with van der Waals surface area (Å²) in [6.07, 6.45) is 1.95. The van der Waals surface area contributed by atoms with Gasteiger partial charge in [-0.25, -0.2) is 0 Å². The number of pyridine rings is 1. The zero-order valence-electron chi connectivity index (χ0n) is 10.4. The summed E-state index contributed by atoms with van der Waals surface area (Å²) in [5, 5.41) is 12.1. The van der Waals surface area contributed by atoms with Crippen LogP contribution in [-0.2, 0) is 6.54 Å². The third kappa shape index (κ3) is 2.47. The molecule has 0 bridgehead atoms. The van der Waals surface area contributed by atoms with Gasteiger partial charge in [0.1, 0.15) is 5.76 Å². The molecule has 1 N–H and O–H groups in total. The predicted molar refractivity (Wildman–Crippen MR) is 72.0 cm³/mol. The Kier molecular flexibility index (Phi) is 3.23. The largest absolute Gasteiger partial charge is 0.448 e. The second-order valence-corrected chi connectivity index (χ2v) is 4.67. The van der Waals surface area contributed by atoms with Crippen molar-refractivity contribution in [1.29, 1.82) is 0 Å². The van der Waals surface area contributed by atoms with Gasteiger partial charge >= 0.3 is 0 Å². The zero-order valence-corrected chi connectivity index (χ0v) is 11.1. The Labute approximate surface area is 115 Å². The van der Waals surface area contributed by atoms with Crippen LogP contribution >= 0.6 is 11.6 Å². The van der Waals surface area contributed by atoms with Crippen molar-refractivity contribution in [2.45, 2.75) is 19.5 Å². The summed E-state index contributed by atoms with van der Waals surface area (Å²) in [4.78, 5) is 0. The van der Waals surface area contributed by atoms with E-state index in [0.717, 1.165) is 17.2 Å². The Hall–Kier alpha value is -1.85. The van der Waals surface area contributed by atoms with Crippen molar-refractivity contribution in [3.63, 3.8) is 0 Å². The maximum atomic E-state index is 5.73. The summed E-state index contributed by atoms with van der Waals surface area (Å²) < 4.78 is 7.26. The molecule has 0 spiro atoms. The van der Waals surface area contributed by atoms with Crippen LogP contribution in [0.5, 0.6) is 0 Å². The van der Waals surface area contributed by atoms with Crippen LogP contribution in [0.1, 0.15) is 24.6 Å². The molecule has 0 aromatic carbocycles. The highest BCUT2D eigenvalue weighted by atomic mass is 35.5. The SMILES string of the molecule is CC(NCc1ccc(Cl)o1)c1nnc2ccccn12. The molecule has 0 saturated carbocycles. The lowest BCUT2D eigenvalue weighted by atomic mass is 10.3. The minimum atomic E-state index is 0.0567. The van der Waals surface area contributed by atoms with Crippen LogP contribution in [0.15, 0.2) is 40.9 Å². The van der Waals surface area contributed by atoms with Crippen LogP contribution in [0.25, 0.3) is 5.65 Å². The van der Waals surface area contributed by atoms with Gasteiger partial charge in [-0.2, -0.15) is 0 Å². The molecule has 3 aromatic rings. The number of aromatic nitrogens is 3. The van der Waals surface area contributed by atoms with E-state index < -0.39 is 0 Å². The lowest BCUT2D eigenvalue weighted by Gasteiger charge is -2.10. The lowest BCUT2D eigenvalue weighted by molar-refractivity contribution is 0.453. The van der Waals surface area contributed by atoms with Crippen molar-refractivity contribution < 1.29 is 4.42 Å². The Bertz CT molecular complexity index is 691. The van der Waals surface area contributed by atoms with Crippen molar-refractivity contribution in [1.82, 2.24) is 19.9 Å². The van der Waals surface area contributed by atoms with Crippen LogP contribution < -0.4 is 5.32 Å². The fraction of sp³-hybridized carbons (Fsp3) is 0.231. The number of rotatable bonds is 4. The van der Waals surface area contributed by atoms with Crippen LogP contribution in [0.2, 0.25) is 5.22 Å². The number of nitrogens with zero attached hydrogens (tertiary/aromatic N) is 3. The van der Waals surface area contributed by atoms with Crippen LogP contribution in [0.4, 0.5) is 0 Å². The molecule has 0 fully saturated rings. The van der Waals surface area contributed by atoms with Gasteiger partial charge in [-0.3, -0.25) is 4.40 Å². The van der Waals surface area contributed by atoms with E-state index in [4.69, 9.17) is 16.0 Å². The molecule has 5 nitrogen and oxygen atoms in total. The average Bonchev–Trinajstić information content (AvgIpc) is 3.02. The molecule has 6 heteroatoms. The molecule has 0 aliphatic rings. The number of furan rings is 1. The molecule has 1 atom stereocenters. The first-order chi connectivity index (χ1) is 9.24. The molecule has 3 rings (SSSR count). The first kappa shape index (κ1) is 12.2. The third-order valence-electron chi connectivity index (χ3n) is 2.94. The molecule has 19 heavy (non-hydrogen) atoms. The van der Waals surface area contributed by atoms with Crippen molar-refractivity contribution in [2.75, 3.05) is 0 Å². The summed E-state index contributed by atoms with van der Waals surface area (Å²) in [5.41, 5.74) is 0.840. The molecule has 0 amide bonds. The molecule has 3 heterocycles. The van der Waals surface area contributed by atoms with E-state index >= 15 is 0 Å². The summed E-state index contributed by atoms with van der Waals surface area (Å²) >= 11 is 5.73. The Morgan fingerprint density at radius 1 is 1.32 bits per heavy atom. The van der Waals surface area contributed by atoms with Gasteiger partial charge in [-0.05, 0) is 42.8 Å². The van der Waals surface area contributed by atoms with E-state index in [1.807, 2.05) is 41.8 Å². The fourth-order valence-electron chi connectivity index (χ4n) is 1.95. The van der Waals surface area contributed by atoms with Crippen LogP contribution in [0.3, 0.4) is 0 Å². The van der Waals surface area contributed by atoms with Crippen molar-refractivity contribution in [3.8, 4) is 0 Å². The first-order valence-corrected chi connectivity index (χ1v) is 6.39. The van der Waals surface area contributed by atoms with Crippen molar-refractivity contribution in [2.24, 2.45) is 0 Å². The van der Waals surface area contributed by atoms with Gasteiger partial charge < -0.3 is 9.73 Å². The molecule has 0 radical (unpaired) electrons. The van der Waals surface area contributed by atoms with E-state index in [9.17, 15) is 0 Å². The van der Waals surface area contributed by atoms with E-state index in [0.29, 0.717) is 11.8 Å². The summed E-state index contributed by atoms with van der Waals surface area (Å²) in [7, 11) is 0. The van der Waals surface area contributed by atoms with Crippen LogP contribution in [0, 0.1) is 0 Å². The second kappa shape index (κ2) is 5.03. The maximum absolute atomic E-state index is 5.73. The highest BCUT2D eigenvalue weighted by Crippen LogP contribution is 2.15. The van der Waals surface area contributed by atoms with Gasteiger partial charge in [0.15, 0.2) is 16.7 Å². The highest BCUT2D eigenvalue weighted by Gasteiger charge is 2.13. The van der Waals surface area contributed by atoms with Crippen LogP contribution in [-0.4, -0.2) is 14.6 Å². The zero-order chi connectivity index (χ0) is 13.2. The summed E-state index contributed by atoms with van der Waals surface area (Å²) in [5.74, 6) is 1.67. The summed E-state index contributed by atoms with van der Waals surface area (Å²) in [6, 6.07) is 9.46. The molecular formula is C13H13ClN4O. The highest BCUT2D eigenvalue weighted by molar-refractivity contribution is 6.28. The smallest absolute Gasteiger partial charge is 0.193 e. The van der Waals surface area contributed by atoms with E-state index in [1.54, 1.807) is 6.07 Å². The molecule has 0 aliphatic carbocycles. The van der Waals surface area contributed by atoms with Gasteiger partial charge in [0.25, 0.3) is 0 Å². The number of hydrogen-bond acceptors (Lipinski definition) is 4. The van der Waals surface area contributed by atoms with E-state index in [2.05, 4.69) is 15.5 Å². The number of fused-ring (bicyclic) bond motifs is 1. The lowest BCUT2D eigenvalue weighted by Crippen LogP contribution is -2.20. The molecule has 1 unspecified atom stereocenters. The Morgan fingerprint density at radius 2 is 2.21 bits per heavy atom.